The third kappa shape index (κ3) is 3.04. The van der Waals surface area contributed by atoms with E-state index in [1.165, 1.54) is 11.3 Å². The number of thiazole rings is 1. The van der Waals surface area contributed by atoms with Crippen molar-refractivity contribution in [3.05, 3.63) is 43.4 Å². The average molecular weight is 358 g/mol. The fourth-order valence-corrected chi connectivity index (χ4v) is 2.64. The van der Waals surface area contributed by atoms with Crippen LogP contribution in [0.25, 0.3) is 0 Å². The van der Waals surface area contributed by atoms with E-state index in [2.05, 4.69) is 32.9 Å². The van der Waals surface area contributed by atoms with Gasteiger partial charge in [0.2, 0.25) is 0 Å². The normalized spacial score (nSPS) is 10.3. The molecule has 1 aromatic heterocycles. The Bertz CT molecular complexity index is 548. The summed E-state index contributed by atoms with van der Waals surface area (Å²) >= 11 is 3.65. The van der Waals surface area contributed by atoms with Crippen LogP contribution < -0.4 is 5.32 Å². The Kier molecular flexibility index (Phi) is 3.78. The van der Waals surface area contributed by atoms with Gasteiger partial charge < -0.3 is 5.32 Å². The second-order valence-corrected chi connectivity index (χ2v) is 6.06. The molecule has 0 unspecified atom stereocenters. The predicted molar refractivity (Wildman–Crippen MR) is 78.7 cm³/mol. The number of hydrogen-bond donors (Lipinski definition) is 1. The molecule has 17 heavy (non-hydrogen) atoms. The molecule has 1 heterocycles. The molecule has 0 aliphatic rings. The number of benzene rings is 1. The minimum Gasteiger partial charge on any atom is -0.321 e. The van der Waals surface area contributed by atoms with Gasteiger partial charge in [-0.25, -0.2) is 4.98 Å². The number of nitrogens with one attached hydrogen (secondary N) is 1. The molecule has 1 N–H and O–H groups in total. The smallest absolute Gasteiger partial charge is 0.267 e. The molecule has 1 amide bonds. The quantitative estimate of drug-likeness (QED) is 0.834. The number of amides is 1. The highest BCUT2D eigenvalue weighted by atomic mass is 127. The molecule has 0 saturated heterocycles. The van der Waals surface area contributed by atoms with Crippen LogP contribution in [0.1, 0.15) is 20.4 Å². The van der Waals surface area contributed by atoms with Crippen LogP contribution in [0.15, 0.2) is 24.3 Å². The maximum absolute atomic E-state index is 12.0. The molecule has 3 nitrogen and oxygen atoms in total. The van der Waals surface area contributed by atoms with Crippen LogP contribution in [0.3, 0.4) is 0 Å². The number of rotatable bonds is 2. The zero-order valence-corrected chi connectivity index (χ0v) is 12.4. The van der Waals surface area contributed by atoms with Crippen LogP contribution in [0.5, 0.6) is 0 Å². The van der Waals surface area contributed by atoms with Crippen molar-refractivity contribution in [1.82, 2.24) is 4.98 Å². The van der Waals surface area contributed by atoms with E-state index in [-0.39, 0.29) is 5.91 Å². The summed E-state index contributed by atoms with van der Waals surface area (Å²) < 4.78 is 1.14. The summed E-state index contributed by atoms with van der Waals surface area (Å²) in [5, 5.41) is 3.78. The second-order valence-electron chi connectivity index (χ2n) is 3.61. The minimum absolute atomic E-state index is 0.0886. The van der Waals surface area contributed by atoms with Crippen LogP contribution >= 0.6 is 33.9 Å². The van der Waals surface area contributed by atoms with E-state index in [1.807, 2.05) is 38.1 Å². The number of carbonyl (C=O) groups excluding carboxylic acids is 1. The van der Waals surface area contributed by atoms with Crippen LogP contribution in [-0.4, -0.2) is 10.9 Å². The molecule has 2 rings (SSSR count). The highest BCUT2D eigenvalue weighted by molar-refractivity contribution is 14.1. The third-order valence-electron chi connectivity index (χ3n) is 2.21. The summed E-state index contributed by atoms with van der Waals surface area (Å²) in [7, 11) is 0. The number of carbonyl (C=O) groups is 1. The molecule has 0 fully saturated rings. The van der Waals surface area contributed by atoms with E-state index in [9.17, 15) is 4.79 Å². The Morgan fingerprint density at radius 2 is 1.94 bits per heavy atom. The standard InChI is InChI=1S/C12H11IN2OS/c1-7-11(17-8(2)14-7)12(16)15-10-5-3-9(13)4-6-10/h3-6H,1-2H3,(H,15,16). The number of anilines is 1. The zero-order chi connectivity index (χ0) is 12.4. The molecule has 5 heteroatoms. The Labute approximate surface area is 117 Å². The van der Waals surface area contributed by atoms with Gasteiger partial charge in [-0.2, -0.15) is 0 Å². The maximum Gasteiger partial charge on any atom is 0.267 e. The topological polar surface area (TPSA) is 42.0 Å². The highest BCUT2D eigenvalue weighted by Crippen LogP contribution is 2.19. The first-order valence-corrected chi connectivity index (χ1v) is 6.97. The van der Waals surface area contributed by atoms with Crippen molar-refractivity contribution in [3.8, 4) is 0 Å². The van der Waals surface area contributed by atoms with E-state index < -0.39 is 0 Å². The molecule has 0 radical (unpaired) electrons. The van der Waals surface area contributed by atoms with Crippen molar-refractivity contribution >= 4 is 45.5 Å². The van der Waals surface area contributed by atoms with Gasteiger partial charge in [0.05, 0.1) is 10.7 Å². The van der Waals surface area contributed by atoms with Gasteiger partial charge in [-0.05, 0) is 60.7 Å². The number of aryl methyl sites for hydroxylation is 2. The van der Waals surface area contributed by atoms with Gasteiger partial charge in [0.25, 0.3) is 5.91 Å². The van der Waals surface area contributed by atoms with Crippen LogP contribution in [0, 0.1) is 17.4 Å². The lowest BCUT2D eigenvalue weighted by Gasteiger charge is -2.03. The average Bonchev–Trinajstić information content (AvgIpc) is 2.61. The Morgan fingerprint density at radius 1 is 1.29 bits per heavy atom. The largest absolute Gasteiger partial charge is 0.321 e. The number of aromatic nitrogens is 1. The van der Waals surface area contributed by atoms with Crippen molar-refractivity contribution in [1.29, 1.82) is 0 Å². The molecule has 88 valence electrons. The van der Waals surface area contributed by atoms with Gasteiger partial charge in [0, 0.05) is 9.26 Å². The summed E-state index contributed by atoms with van der Waals surface area (Å²) in [5.41, 5.74) is 1.59. The van der Waals surface area contributed by atoms with E-state index in [1.54, 1.807) is 0 Å². The highest BCUT2D eigenvalue weighted by Gasteiger charge is 2.13. The SMILES string of the molecule is Cc1nc(C)c(C(=O)Nc2ccc(I)cc2)s1. The molecule has 0 aliphatic carbocycles. The number of halogens is 1. The van der Waals surface area contributed by atoms with Gasteiger partial charge in [-0.3, -0.25) is 4.79 Å². The molecule has 0 atom stereocenters. The molecular weight excluding hydrogens is 347 g/mol. The maximum atomic E-state index is 12.0. The monoisotopic (exact) mass is 358 g/mol. The Balaban J connectivity index is 2.17. The molecule has 0 bridgehead atoms. The second kappa shape index (κ2) is 5.14. The van der Waals surface area contributed by atoms with E-state index in [4.69, 9.17) is 0 Å². The van der Waals surface area contributed by atoms with Gasteiger partial charge >= 0.3 is 0 Å². The molecule has 1 aromatic carbocycles. The molecular formula is C12H11IN2OS. The molecule has 2 aromatic rings. The predicted octanol–water partition coefficient (Wildman–Crippen LogP) is 3.62. The summed E-state index contributed by atoms with van der Waals surface area (Å²) in [6, 6.07) is 7.70. The lowest BCUT2D eigenvalue weighted by Crippen LogP contribution is -2.11. The number of nitrogens with zero attached hydrogens (tertiary/aromatic N) is 1. The van der Waals surface area contributed by atoms with E-state index in [0.717, 1.165) is 20.0 Å². The van der Waals surface area contributed by atoms with Crippen molar-refractivity contribution in [2.24, 2.45) is 0 Å². The first-order valence-electron chi connectivity index (χ1n) is 5.07. The van der Waals surface area contributed by atoms with Crippen LogP contribution in [-0.2, 0) is 0 Å². The first kappa shape index (κ1) is 12.5. The van der Waals surface area contributed by atoms with Crippen molar-refractivity contribution < 1.29 is 4.79 Å². The van der Waals surface area contributed by atoms with Gasteiger partial charge in [-0.1, -0.05) is 0 Å². The lowest BCUT2D eigenvalue weighted by atomic mass is 10.3. The van der Waals surface area contributed by atoms with Crippen molar-refractivity contribution in [3.63, 3.8) is 0 Å². The van der Waals surface area contributed by atoms with Gasteiger partial charge in [0.1, 0.15) is 4.88 Å². The van der Waals surface area contributed by atoms with Crippen LogP contribution in [0.4, 0.5) is 5.69 Å². The van der Waals surface area contributed by atoms with Gasteiger partial charge in [0.15, 0.2) is 0 Å². The summed E-state index contributed by atoms with van der Waals surface area (Å²) in [6.07, 6.45) is 0. The lowest BCUT2D eigenvalue weighted by molar-refractivity contribution is 0.103. The summed E-state index contributed by atoms with van der Waals surface area (Å²) in [6.45, 7) is 3.76. The van der Waals surface area contributed by atoms with Crippen molar-refractivity contribution in [2.75, 3.05) is 5.32 Å². The Morgan fingerprint density at radius 3 is 2.47 bits per heavy atom. The van der Waals surface area contributed by atoms with E-state index >= 15 is 0 Å². The number of hydrogen-bond acceptors (Lipinski definition) is 3. The first-order chi connectivity index (χ1) is 8.06. The molecule has 0 spiro atoms. The van der Waals surface area contributed by atoms with E-state index in [0.29, 0.717) is 4.88 Å². The zero-order valence-electron chi connectivity index (χ0n) is 9.45. The fraction of sp³-hybridized carbons (Fsp3) is 0.167. The van der Waals surface area contributed by atoms with Crippen LogP contribution in [0.2, 0.25) is 0 Å². The third-order valence-corrected chi connectivity index (χ3v) is 4.00. The summed E-state index contributed by atoms with van der Waals surface area (Å²) in [5.74, 6) is -0.0886. The minimum atomic E-state index is -0.0886. The Hall–Kier alpha value is -0.950. The molecule has 0 saturated carbocycles. The molecule has 0 aliphatic heterocycles. The summed E-state index contributed by atoms with van der Waals surface area (Å²) in [4.78, 5) is 16.9. The van der Waals surface area contributed by atoms with Gasteiger partial charge in [-0.15, -0.1) is 11.3 Å². The van der Waals surface area contributed by atoms with Crippen molar-refractivity contribution in [2.45, 2.75) is 13.8 Å². The fourth-order valence-electron chi connectivity index (χ4n) is 1.46.